The molecule has 1 amide bonds. The number of hydrogen-bond donors (Lipinski definition) is 1. The normalized spacial score (nSPS) is 10.6. The van der Waals surface area contributed by atoms with Crippen molar-refractivity contribution in [3.8, 4) is 5.69 Å². The molecule has 0 spiro atoms. The van der Waals surface area contributed by atoms with Gasteiger partial charge in [0.1, 0.15) is 5.82 Å². The van der Waals surface area contributed by atoms with Crippen LogP contribution in [0.3, 0.4) is 0 Å². The first-order chi connectivity index (χ1) is 11.6. The number of amides is 1. The van der Waals surface area contributed by atoms with Gasteiger partial charge in [0.15, 0.2) is 5.69 Å². The first-order valence-corrected chi connectivity index (χ1v) is 7.78. The van der Waals surface area contributed by atoms with Gasteiger partial charge in [-0.3, -0.25) is 4.79 Å². The van der Waals surface area contributed by atoms with Gasteiger partial charge in [-0.25, -0.2) is 9.07 Å². The van der Waals surface area contributed by atoms with E-state index in [1.54, 1.807) is 22.9 Å². The highest BCUT2D eigenvalue weighted by Crippen LogP contribution is 2.13. The summed E-state index contributed by atoms with van der Waals surface area (Å²) in [7, 11) is 0. The molecule has 24 heavy (non-hydrogen) atoms. The van der Waals surface area contributed by atoms with Gasteiger partial charge in [0, 0.05) is 12.2 Å². The molecule has 122 valence electrons. The average molecular weight is 323 g/mol. The standard InChI is InChI=1S/C19H18FN3O/c1-14-13-18(22-23(14)17-9-7-16(20)8-10-17)19(24)21-12-11-15-5-3-2-4-6-15/h2-10,13H,11-12H2,1H3,(H,21,24). The fourth-order valence-electron chi connectivity index (χ4n) is 2.48. The molecule has 3 aromatic rings. The van der Waals surface area contributed by atoms with Crippen LogP contribution in [-0.2, 0) is 6.42 Å². The minimum Gasteiger partial charge on any atom is -0.350 e. The molecule has 0 aliphatic carbocycles. The number of nitrogens with zero attached hydrogens (tertiary/aromatic N) is 2. The summed E-state index contributed by atoms with van der Waals surface area (Å²) >= 11 is 0. The molecule has 0 radical (unpaired) electrons. The minimum absolute atomic E-state index is 0.213. The number of hydrogen-bond acceptors (Lipinski definition) is 2. The lowest BCUT2D eigenvalue weighted by Gasteiger charge is -2.04. The van der Waals surface area contributed by atoms with Crippen molar-refractivity contribution >= 4 is 5.91 Å². The molecule has 0 aliphatic heterocycles. The van der Waals surface area contributed by atoms with E-state index in [4.69, 9.17) is 0 Å². The number of carbonyl (C=O) groups excluding carboxylic acids is 1. The van der Waals surface area contributed by atoms with E-state index in [1.165, 1.54) is 17.7 Å². The molecule has 1 aromatic heterocycles. The third-order valence-electron chi connectivity index (χ3n) is 3.73. The van der Waals surface area contributed by atoms with E-state index in [9.17, 15) is 9.18 Å². The number of aryl methyl sites for hydroxylation is 1. The molecule has 5 heteroatoms. The van der Waals surface area contributed by atoms with E-state index >= 15 is 0 Å². The van der Waals surface area contributed by atoms with Crippen molar-refractivity contribution < 1.29 is 9.18 Å². The van der Waals surface area contributed by atoms with Crippen molar-refractivity contribution in [3.63, 3.8) is 0 Å². The van der Waals surface area contributed by atoms with Crippen LogP contribution in [0.15, 0.2) is 60.7 Å². The lowest BCUT2D eigenvalue weighted by Crippen LogP contribution is -2.26. The molecule has 0 saturated heterocycles. The summed E-state index contributed by atoms with van der Waals surface area (Å²) < 4.78 is 14.7. The quantitative estimate of drug-likeness (QED) is 0.783. The summed E-state index contributed by atoms with van der Waals surface area (Å²) in [5, 5.41) is 7.19. The largest absolute Gasteiger partial charge is 0.350 e. The summed E-state index contributed by atoms with van der Waals surface area (Å²) in [5.74, 6) is -0.516. The van der Waals surface area contributed by atoms with E-state index in [0.717, 1.165) is 17.8 Å². The monoisotopic (exact) mass is 323 g/mol. The van der Waals surface area contributed by atoms with Crippen molar-refractivity contribution in [2.45, 2.75) is 13.3 Å². The van der Waals surface area contributed by atoms with Crippen LogP contribution >= 0.6 is 0 Å². The maximum atomic E-state index is 13.0. The van der Waals surface area contributed by atoms with Gasteiger partial charge in [0.25, 0.3) is 5.91 Å². The van der Waals surface area contributed by atoms with Gasteiger partial charge in [-0.05, 0) is 49.2 Å². The van der Waals surface area contributed by atoms with Crippen LogP contribution in [0, 0.1) is 12.7 Å². The zero-order chi connectivity index (χ0) is 16.9. The van der Waals surface area contributed by atoms with Crippen molar-refractivity contribution in [1.82, 2.24) is 15.1 Å². The Kier molecular flexibility index (Phi) is 4.70. The minimum atomic E-state index is -0.303. The number of benzene rings is 2. The highest BCUT2D eigenvalue weighted by molar-refractivity contribution is 5.92. The predicted molar refractivity (Wildman–Crippen MR) is 90.7 cm³/mol. The van der Waals surface area contributed by atoms with E-state index in [0.29, 0.717) is 12.2 Å². The number of carbonyl (C=O) groups is 1. The lowest BCUT2D eigenvalue weighted by molar-refractivity contribution is 0.0948. The van der Waals surface area contributed by atoms with Crippen LogP contribution in [-0.4, -0.2) is 22.2 Å². The summed E-state index contributed by atoms with van der Waals surface area (Å²) in [6.45, 7) is 2.41. The molecular formula is C19H18FN3O. The van der Waals surface area contributed by atoms with Crippen molar-refractivity contribution in [1.29, 1.82) is 0 Å². The van der Waals surface area contributed by atoms with Gasteiger partial charge in [-0.15, -0.1) is 0 Å². The van der Waals surface area contributed by atoms with E-state index in [2.05, 4.69) is 10.4 Å². The average Bonchev–Trinajstić information content (AvgIpc) is 2.98. The van der Waals surface area contributed by atoms with E-state index < -0.39 is 0 Å². The SMILES string of the molecule is Cc1cc(C(=O)NCCc2ccccc2)nn1-c1ccc(F)cc1. The third-order valence-corrected chi connectivity index (χ3v) is 3.73. The molecule has 0 aliphatic rings. The molecule has 3 rings (SSSR count). The van der Waals surface area contributed by atoms with Crippen LogP contribution in [0.1, 0.15) is 21.7 Å². The Hall–Kier alpha value is -2.95. The zero-order valence-corrected chi connectivity index (χ0v) is 13.4. The zero-order valence-electron chi connectivity index (χ0n) is 13.4. The summed E-state index contributed by atoms with van der Waals surface area (Å²) in [6, 6.07) is 17.7. The Bertz CT molecular complexity index is 826. The van der Waals surface area contributed by atoms with Gasteiger partial charge in [-0.2, -0.15) is 5.10 Å². The van der Waals surface area contributed by atoms with Crippen molar-refractivity contribution in [2.75, 3.05) is 6.54 Å². The van der Waals surface area contributed by atoms with Gasteiger partial charge in [0.05, 0.1) is 5.69 Å². The second-order valence-corrected chi connectivity index (χ2v) is 5.55. The Balaban J connectivity index is 1.65. The molecule has 0 fully saturated rings. The summed E-state index contributed by atoms with van der Waals surface area (Å²) in [4.78, 5) is 12.2. The third kappa shape index (κ3) is 3.68. The maximum Gasteiger partial charge on any atom is 0.271 e. The van der Waals surface area contributed by atoms with Crippen LogP contribution in [0.5, 0.6) is 0 Å². The first kappa shape index (κ1) is 15.9. The van der Waals surface area contributed by atoms with Crippen molar-refractivity contribution in [3.05, 3.63) is 83.4 Å². The molecule has 2 aromatic carbocycles. The Morgan fingerprint density at radius 1 is 1.12 bits per heavy atom. The highest BCUT2D eigenvalue weighted by Gasteiger charge is 2.13. The van der Waals surface area contributed by atoms with Gasteiger partial charge >= 0.3 is 0 Å². The second-order valence-electron chi connectivity index (χ2n) is 5.55. The molecule has 0 unspecified atom stereocenters. The predicted octanol–water partition coefficient (Wildman–Crippen LogP) is 3.29. The molecular weight excluding hydrogens is 305 g/mol. The fraction of sp³-hybridized carbons (Fsp3) is 0.158. The molecule has 4 nitrogen and oxygen atoms in total. The number of halogens is 1. The summed E-state index contributed by atoms with van der Waals surface area (Å²) in [5.41, 5.74) is 3.06. The molecule has 1 N–H and O–H groups in total. The molecule has 0 saturated carbocycles. The number of rotatable bonds is 5. The molecule has 0 bridgehead atoms. The maximum absolute atomic E-state index is 13.0. The van der Waals surface area contributed by atoms with Crippen LogP contribution in [0.2, 0.25) is 0 Å². The van der Waals surface area contributed by atoms with Gasteiger partial charge < -0.3 is 5.32 Å². The van der Waals surface area contributed by atoms with Gasteiger partial charge in [-0.1, -0.05) is 30.3 Å². The van der Waals surface area contributed by atoms with Crippen LogP contribution < -0.4 is 5.32 Å². The second kappa shape index (κ2) is 7.08. The van der Waals surface area contributed by atoms with E-state index in [1.807, 2.05) is 37.3 Å². The van der Waals surface area contributed by atoms with Crippen LogP contribution in [0.4, 0.5) is 4.39 Å². The Morgan fingerprint density at radius 3 is 2.54 bits per heavy atom. The number of nitrogens with one attached hydrogen (secondary N) is 1. The Labute approximate surface area is 139 Å². The molecule has 0 atom stereocenters. The smallest absolute Gasteiger partial charge is 0.271 e. The molecule has 1 heterocycles. The lowest BCUT2D eigenvalue weighted by atomic mass is 10.1. The van der Waals surface area contributed by atoms with Gasteiger partial charge in [0.2, 0.25) is 0 Å². The highest BCUT2D eigenvalue weighted by atomic mass is 19.1. The van der Waals surface area contributed by atoms with E-state index in [-0.39, 0.29) is 11.7 Å². The summed E-state index contributed by atoms with van der Waals surface area (Å²) in [6.07, 6.45) is 0.768. The fourth-order valence-corrected chi connectivity index (χ4v) is 2.48. The van der Waals surface area contributed by atoms with Crippen LogP contribution in [0.25, 0.3) is 5.69 Å². The van der Waals surface area contributed by atoms with Crippen molar-refractivity contribution in [2.24, 2.45) is 0 Å². The first-order valence-electron chi connectivity index (χ1n) is 7.78. The topological polar surface area (TPSA) is 46.9 Å². The Morgan fingerprint density at radius 2 is 1.83 bits per heavy atom. The number of aromatic nitrogens is 2.